The maximum Gasteiger partial charge on any atom is 0.165 e. The molecular weight excluding hydrogens is 233 g/mol. The fraction of sp³-hybridized carbons (Fsp3) is 0.571. The van der Waals surface area contributed by atoms with E-state index in [1.54, 1.807) is 6.07 Å². The number of rotatable bonds is 4. The van der Waals surface area contributed by atoms with Crippen LogP contribution in [0.2, 0.25) is 0 Å². The minimum absolute atomic E-state index is 0.293. The topological polar surface area (TPSA) is 41.5 Å². The first-order valence-electron chi connectivity index (χ1n) is 6.56. The van der Waals surface area contributed by atoms with Crippen molar-refractivity contribution in [2.45, 2.75) is 38.0 Å². The molecule has 1 saturated carbocycles. The summed E-state index contributed by atoms with van der Waals surface area (Å²) in [4.78, 5) is 0. The van der Waals surface area contributed by atoms with Crippen LogP contribution in [0.4, 0.5) is 4.39 Å². The van der Waals surface area contributed by atoms with Gasteiger partial charge in [0.05, 0.1) is 6.10 Å². The number of nitrogens with one attached hydrogen (secondary N) is 1. The Morgan fingerprint density at radius 3 is 2.89 bits per heavy atom. The van der Waals surface area contributed by atoms with Crippen LogP contribution < -0.4 is 5.32 Å². The van der Waals surface area contributed by atoms with E-state index in [1.165, 1.54) is 25.0 Å². The van der Waals surface area contributed by atoms with Gasteiger partial charge in [0.2, 0.25) is 0 Å². The Labute approximate surface area is 106 Å². The van der Waals surface area contributed by atoms with E-state index >= 15 is 0 Å². The van der Waals surface area contributed by atoms with Gasteiger partial charge in [-0.3, -0.25) is 0 Å². The summed E-state index contributed by atoms with van der Waals surface area (Å²) >= 11 is 0. The lowest BCUT2D eigenvalue weighted by atomic mass is 10.1. The summed E-state index contributed by atoms with van der Waals surface area (Å²) in [7, 11) is 0. The highest BCUT2D eigenvalue weighted by Gasteiger charge is 2.40. The molecule has 1 aromatic carbocycles. The molecule has 0 bridgehead atoms. The maximum atomic E-state index is 13.2. The molecule has 3 rings (SSSR count). The van der Waals surface area contributed by atoms with Crippen molar-refractivity contribution in [2.24, 2.45) is 5.92 Å². The minimum atomic E-state index is -0.560. The smallest absolute Gasteiger partial charge is 0.165 e. The molecule has 1 heterocycles. The van der Waals surface area contributed by atoms with E-state index in [-0.39, 0.29) is 5.75 Å². The average molecular weight is 251 g/mol. The molecule has 3 nitrogen and oxygen atoms in total. The molecule has 1 saturated heterocycles. The fourth-order valence-corrected chi connectivity index (χ4v) is 2.63. The van der Waals surface area contributed by atoms with Gasteiger partial charge < -0.3 is 15.2 Å². The average Bonchev–Trinajstić information content (AvgIpc) is 3.10. The summed E-state index contributed by atoms with van der Waals surface area (Å²) in [6.45, 7) is 1.44. The van der Waals surface area contributed by atoms with E-state index in [2.05, 4.69) is 5.32 Å². The Bertz CT molecular complexity index is 434. The molecule has 2 N–H and O–H groups in total. The fourth-order valence-electron chi connectivity index (χ4n) is 2.63. The largest absolute Gasteiger partial charge is 0.505 e. The van der Waals surface area contributed by atoms with Crippen LogP contribution in [0.5, 0.6) is 5.75 Å². The lowest BCUT2D eigenvalue weighted by molar-refractivity contribution is 0.0809. The quantitative estimate of drug-likeness (QED) is 0.862. The zero-order valence-electron chi connectivity index (χ0n) is 10.2. The number of ether oxygens (including phenoxy) is 1. The van der Waals surface area contributed by atoms with Crippen molar-refractivity contribution in [2.75, 3.05) is 6.61 Å². The van der Waals surface area contributed by atoms with Crippen LogP contribution in [0, 0.1) is 11.7 Å². The lowest BCUT2D eigenvalue weighted by Crippen LogP contribution is -2.37. The number of benzene rings is 1. The Balaban J connectivity index is 1.58. The van der Waals surface area contributed by atoms with Crippen LogP contribution in [-0.4, -0.2) is 23.9 Å². The van der Waals surface area contributed by atoms with Crippen LogP contribution in [0.3, 0.4) is 0 Å². The monoisotopic (exact) mass is 251 g/mol. The first kappa shape index (κ1) is 11.9. The van der Waals surface area contributed by atoms with Gasteiger partial charge in [-0.25, -0.2) is 4.39 Å². The van der Waals surface area contributed by atoms with Crippen LogP contribution in [0.25, 0.3) is 0 Å². The normalized spacial score (nSPS) is 27.6. The Morgan fingerprint density at radius 2 is 2.17 bits per heavy atom. The summed E-state index contributed by atoms with van der Waals surface area (Å²) in [5.41, 5.74) is 0.853. The van der Waals surface area contributed by atoms with Gasteiger partial charge in [0, 0.05) is 19.2 Å². The Morgan fingerprint density at radius 1 is 1.33 bits per heavy atom. The molecule has 1 aliphatic carbocycles. The summed E-state index contributed by atoms with van der Waals surface area (Å²) in [6, 6.07) is 4.90. The summed E-state index contributed by atoms with van der Waals surface area (Å²) in [5.74, 6) is -0.129. The molecule has 0 radical (unpaired) electrons. The first-order valence-corrected chi connectivity index (χ1v) is 6.56. The van der Waals surface area contributed by atoms with Crippen molar-refractivity contribution in [1.82, 2.24) is 5.32 Å². The number of aromatic hydroxyl groups is 1. The summed E-state index contributed by atoms with van der Waals surface area (Å²) in [6.07, 6.45) is 3.92. The second kappa shape index (κ2) is 4.86. The molecular formula is C14H18FNO2. The van der Waals surface area contributed by atoms with E-state index in [4.69, 9.17) is 9.84 Å². The number of hydrogen-bond acceptors (Lipinski definition) is 3. The summed E-state index contributed by atoms with van der Waals surface area (Å²) in [5, 5.41) is 12.6. The maximum absolute atomic E-state index is 13.2. The predicted octanol–water partition coefficient (Wildman–Crippen LogP) is 2.19. The molecule has 0 aromatic heterocycles. The zero-order valence-corrected chi connectivity index (χ0v) is 10.2. The van der Waals surface area contributed by atoms with Crippen molar-refractivity contribution in [3.8, 4) is 5.75 Å². The van der Waals surface area contributed by atoms with E-state index in [1.807, 2.05) is 0 Å². The van der Waals surface area contributed by atoms with Gasteiger partial charge in [0.15, 0.2) is 11.6 Å². The third kappa shape index (κ3) is 2.49. The molecule has 98 valence electrons. The Hall–Kier alpha value is -1.13. The number of phenols is 1. The van der Waals surface area contributed by atoms with Crippen molar-refractivity contribution >= 4 is 0 Å². The van der Waals surface area contributed by atoms with E-state index in [0.717, 1.165) is 24.5 Å². The van der Waals surface area contributed by atoms with Gasteiger partial charge in [0.1, 0.15) is 0 Å². The number of halogens is 1. The molecule has 0 spiro atoms. The number of hydrogen-bond donors (Lipinski definition) is 2. The third-order valence-corrected chi connectivity index (χ3v) is 3.80. The van der Waals surface area contributed by atoms with E-state index in [9.17, 15) is 4.39 Å². The van der Waals surface area contributed by atoms with Crippen LogP contribution in [0.15, 0.2) is 18.2 Å². The Kier molecular flexibility index (Phi) is 3.22. The molecule has 2 aliphatic rings. The zero-order chi connectivity index (χ0) is 12.5. The second-order valence-electron chi connectivity index (χ2n) is 5.23. The molecule has 1 aliphatic heterocycles. The van der Waals surface area contributed by atoms with E-state index < -0.39 is 5.82 Å². The van der Waals surface area contributed by atoms with Crippen LogP contribution >= 0.6 is 0 Å². The summed E-state index contributed by atoms with van der Waals surface area (Å²) < 4.78 is 18.9. The van der Waals surface area contributed by atoms with Crippen LogP contribution in [-0.2, 0) is 11.3 Å². The molecule has 4 heteroatoms. The van der Waals surface area contributed by atoms with Gasteiger partial charge in [-0.1, -0.05) is 6.07 Å². The standard InChI is InChI=1S/C14H18FNO2/c15-11-7-9(1-4-13(11)17)8-16-12-5-6-18-14(12)10-2-3-10/h1,4,7,10,12,14,16-17H,2-3,5-6,8H2. The number of phenolic OH excluding ortho intramolecular Hbond substituents is 1. The van der Waals surface area contributed by atoms with Crippen molar-refractivity contribution in [3.63, 3.8) is 0 Å². The van der Waals surface area contributed by atoms with Gasteiger partial charge in [-0.15, -0.1) is 0 Å². The highest BCUT2D eigenvalue weighted by Crippen LogP contribution is 2.38. The molecule has 2 unspecified atom stereocenters. The van der Waals surface area contributed by atoms with Crippen molar-refractivity contribution in [1.29, 1.82) is 0 Å². The molecule has 18 heavy (non-hydrogen) atoms. The van der Waals surface area contributed by atoms with Crippen LogP contribution in [0.1, 0.15) is 24.8 Å². The lowest BCUT2D eigenvalue weighted by Gasteiger charge is -2.19. The molecule has 0 amide bonds. The molecule has 1 aromatic rings. The third-order valence-electron chi connectivity index (χ3n) is 3.80. The highest BCUT2D eigenvalue weighted by molar-refractivity contribution is 5.27. The van der Waals surface area contributed by atoms with Gasteiger partial charge in [-0.2, -0.15) is 0 Å². The van der Waals surface area contributed by atoms with Gasteiger partial charge in [0.25, 0.3) is 0 Å². The first-order chi connectivity index (χ1) is 8.74. The second-order valence-corrected chi connectivity index (χ2v) is 5.23. The van der Waals surface area contributed by atoms with Crippen molar-refractivity contribution < 1.29 is 14.2 Å². The molecule has 2 atom stereocenters. The van der Waals surface area contributed by atoms with Gasteiger partial charge >= 0.3 is 0 Å². The SMILES string of the molecule is Oc1ccc(CNC2CCOC2C2CC2)cc1F. The molecule has 2 fully saturated rings. The minimum Gasteiger partial charge on any atom is -0.505 e. The predicted molar refractivity (Wildman–Crippen MR) is 65.8 cm³/mol. The van der Waals surface area contributed by atoms with Gasteiger partial charge in [-0.05, 0) is 42.9 Å². The van der Waals surface area contributed by atoms with Crippen molar-refractivity contribution in [3.05, 3.63) is 29.6 Å². The highest BCUT2D eigenvalue weighted by atomic mass is 19.1. The van der Waals surface area contributed by atoms with E-state index in [0.29, 0.717) is 18.7 Å².